The number of aromatic nitrogens is 2. The minimum absolute atomic E-state index is 0.256. The summed E-state index contributed by atoms with van der Waals surface area (Å²) in [5.41, 5.74) is 0.802. The van der Waals surface area contributed by atoms with E-state index in [1.165, 1.54) is 19.5 Å². The minimum atomic E-state index is -0.512. The van der Waals surface area contributed by atoms with E-state index >= 15 is 0 Å². The monoisotopic (exact) mass is 256 g/mol. The highest BCUT2D eigenvalue weighted by Crippen LogP contribution is 2.26. The van der Waals surface area contributed by atoms with E-state index < -0.39 is 5.97 Å². The predicted molar refractivity (Wildman–Crippen MR) is 60.9 cm³/mol. The number of methoxy groups -OCH3 is 1. The molecule has 6 heteroatoms. The van der Waals surface area contributed by atoms with Crippen molar-refractivity contribution in [2.24, 2.45) is 0 Å². The van der Waals surface area contributed by atoms with Crippen molar-refractivity contribution in [3.05, 3.63) is 34.2 Å². The molecule has 0 aliphatic carbocycles. The number of hydrogen-bond acceptors (Lipinski definition) is 4. The molecular formula is C10H6Cl2N2O2. The van der Waals surface area contributed by atoms with Crippen LogP contribution in [0.15, 0.2) is 18.5 Å². The Labute approximate surface area is 101 Å². The summed E-state index contributed by atoms with van der Waals surface area (Å²) in [6.45, 7) is 0. The van der Waals surface area contributed by atoms with Gasteiger partial charge in [-0.3, -0.25) is 0 Å². The van der Waals surface area contributed by atoms with Crippen molar-refractivity contribution in [1.29, 1.82) is 0 Å². The van der Waals surface area contributed by atoms with Crippen LogP contribution in [0, 0.1) is 0 Å². The highest BCUT2D eigenvalue weighted by molar-refractivity contribution is 6.37. The summed E-state index contributed by atoms with van der Waals surface area (Å²) in [7, 11) is 1.29. The molecule has 16 heavy (non-hydrogen) atoms. The highest BCUT2D eigenvalue weighted by atomic mass is 35.5. The summed E-state index contributed by atoms with van der Waals surface area (Å²) >= 11 is 11.8. The molecule has 0 unspecified atom stereocenters. The number of esters is 1. The molecule has 2 rings (SSSR count). The van der Waals surface area contributed by atoms with Gasteiger partial charge in [0.2, 0.25) is 0 Å². The van der Waals surface area contributed by atoms with Gasteiger partial charge in [0.25, 0.3) is 0 Å². The van der Waals surface area contributed by atoms with Crippen molar-refractivity contribution >= 4 is 40.1 Å². The number of fused-ring (bicyclic) bond motifs is 1. The van der Waals surface area contributed by atoms with Crippen LogP contribution in [0.1, 0.15) is 10.4 Å². The fourth-order valence-corrected chi connectivity index (χ4v) is 1.75. The van der Waals surface area contributed by atoms with Crippen LogP contribution >= 0.6 is 23.2 Å². The number of rotatable bonds is 1. The number of benzene rings is 1. The standard InChI is InChI=1S/C10H6Cl2N2O2/c1-16-10(15)5-3-8-6(2-7(5)11)9(12)14-4-13-8/h2-4H,1H3. The zero-order valence-electron chi connectivity index (χ0n) is 8.20. The lowest BCUT2D eigenvalue weighted by Gasteiger charge is -2.04. The fourth-order valence-electron chi connectivity index (χ4n) is 1.31. The van der Waals surface area contributed by atoms with Crippen LogP contribution in [-0.4, -0.2) is 23.0 Å². The van der Waals surface area contributed by atoms with Crippen LogP contribution in [0.25, 0.3) is 10.9 Å². The van der Waals surface area contributed by atoms with Crippen LogP contribution < -0.4 is 0 Å². The van der Waals surface area contributed by atoms with Gasteiger partial charge in [-0.15, -0.1) is 0 Å². The molecule has 2 aromatic rings. The van der Waals surface area contributed by atoms with Gasteiger partial charge in [0.05, 0.1) is 23.2 Å². The van der Waals surface area contributed by atoms with Gasteiger partial charge < -0.3 is 4.74 Å². The summed E-state index contributed by atoms with van der Waals surface area (Å²) in [5.74, 6) is -0.512. The van der Waals surface area contributed by atoms with E-state index in [-0.39, 0.29) is 10.6 Å². The molecule has 0 spiro atoms. The van der Waals surface area contributed by atoms with Gasteiger partial charge in [0, 0.05) is 5.39 Å². The molecule has 0 aliphatic heterocycles. The maximum atomic E-state index is 11.4. The number of hydrogen-bond donors (Lipinski definition) is 0. The van der Waals surface area contributed by atoms with Gasteiger partial charge in [0.1, 0.15) is 11.5 Å². The molecule has 0 bridgehead atoms. The number of ether oxygens (including phenoxy) is 1. The lowest BCUT2D eigenvalue weighted by molar-refractivity contribution is 0.0601. The molecule has 1 aromatic carbocycles. The van der Waals surface area contributed by atoms with Gasteiger partial charge in [0.15, 0.2) is 0 Å². The van der Waals surface area contributed by atoms with Crippen LogP contribution in [0.2, 0.25) is 10.2 Å². The normalized spacial score (nSPS) is 10.4. The van der Waals surface area contributed by atoms with E-state index in [9.17, 15) is 4.79 Å². The molecule has 0 radical (unpaired) electrons. The van der Waals surface area contributed by atoms with Crippen LogP contribution in [0.3, 0.4) is 0 Å². The quantitative estimate of drug-likeness (QED) is 0.582. The first-order valence-corrected chi connectivity index (χ1v) is 5.07. The second kappa shape index (κ2) is 4.23. The molecule has 0 atom stereocenters. The average molecular weight is 257 g/mol. The number of carbonyl (C=O) groups excluding carboxylic acids is 1. The molecule has 1 heterocycles. The number of carbonyl (C=O) groups is 1. The Hall–Kier alpha value is -1.39. The van der Waals surface area contributed by atoms with Crippen molar-refractivity contribution < 1.29 is 9.53 Å². The largest absolute Gasteiger partial charge is 0.465 e. The van der Waals surface area contributed by atoms with Crippen molar-refractivity contribution in [2.75, 3.05) is 7.11 Å². The summed E-state index contributed by atoms with van der Waals surface area (Å²) in [4.78, 5) is 19.2. The second-order valence-electron chi connectivity index (χ2n) is 3.01. The summed E-state index contributed by atoms with van der Waals surface area (Å²) in [6.07, 6.45) is 1.32. The fraction of sp³-hybridized carbons (Fsp3) is 0.100. The Morgan fingerprint density at radius 2 is 2.06 bits per heavy atom. The Morgan fingerprint density at radius 1 is 1.31 bits per heavy atom. The third-order valence-corrected chi connectivity index (χ3v) is 2.69. The first kappa shape index (κ1) is 11.1. The number of nitrogens with zero attached hydrogens (tertiary/aromatic N) is 2. The van der Waals surface area contributed by atoms with Gasteiger partial charge >= 0.3 is 5.97 Å². The van der Waals surface area contributed by atoms with E-state index in [0.29, 0.717) is 16.1 Å². The lowest BCUT2D eigenvalue weighted by Crippen LogP contribution is -2.02. The van der Waals surface area contributed by atoms with Gasteiger partial charge in [-0.1, -0.05) is 23.2 Å². The lowest BCUT2D eigenvalue weighted by atomic mass is 10.1. The molecule has 82 valence electrons. The van der Waals surface area contributed by atoms with Gasteiger partial charge in [-0.25, -0.2) is 14.8 Å². The molecule has 0 N–H and O–H groups in total. The molecule has 1 aromatic heterocycles. The zero-order chi connectivity index (χ0) is 11.7. The second-order valence-corrected chi connectivity index (χ2v) is 3.77. The Morgan fingerprint density at radius 3 is 2.75 bits per heavy atom. The highest BCUT2D eigenvalue weighted by Gasteiger charge is 2.13. The van der Waals surface area contributed by atoms with E-state index in [1.807, 2.05) is 0 Å². The van der Waals surface area contributed by atoms with Gasteiger partial charge in [-0.2, -0.15) is 0 Å². The molecule has 0 aliphatic rings. The van der Waals surface area contributed by atoms with E-state index in [4.69, 9.17) is 23.2 Å². The summed E-state index contributed by atoms with van der Waals surface area (Å²) in [5, 5.41) is 1.15. The smallest absolute Gasteiger partial charge is 0.339 e. The Balaban J connectivity index is 2.72. The van der Waals surface area contributed by atoms with E-state index in [1.54, 1.807) is 6.07 Å². The van der Waals surface area contributed by atoms with Crippen molar-refractivity contribution in [3.63, 3.8) is 0 Å². The maximum absolute atomic E-state index is 11.4. The van der Waals surface area contributed by atoms with Crippen molar-refractivity contribution in [2.45, 2.75) is 0 Å². The van der Waals surface area contributed by atoms with Gasteiger partial charge in [-0.05, 0) is 12.1 Å². The molecule has 0 amide bonds. The Kier molecular flexibility index (Phi) is 2.94. The zero-order valence-corrected chi connectivity index (χ0v) is 9.71. The maximum Gasteiger partial charge on any atom is 0.339 e. The SMILES string of the molecule is COC(=O)c1cc2ncnc(Cl)c2cc1Cl. The minimum Gasteiger partial charge on any atom is -0.465 e. The topological polar surface area (TPSA) is 52.1 Å². The van der Waals surface area contributed by atoms with Crippen molar-refractivity contribution in [3.8, 4) is 0 Å². The molecule has 0 saturated carbocycles. The third-order valence-electron chi connectivity index (χ3n) is 2.08. The Bertz CT molecular complexity index is 572. The van der Waals surface area contributed by atoms with E-state index in [2.05, 4.69) is 14.7 Å². The van der Waals surface area contributed by atoms with Crippen LogP contribution in [0.5, 0.6) is 0 Å². The summed E-state index contributed by atoms with van der Waals surface area (Å²) in [6, 6.07) is 3.07. The van der Waals surface area contributed by atoms with Crippen LogP contribution in [-0.2, 0) is 4.74 Å². The first-order valence-electron chi connectivity index (χ1n) is 4.31. The molecule has 0 fully saturated rings. The van der Waals surface area contributed by atoms with Crippen molar-refractivity contribution in [1.82, 2.24) is 9.97 Å². The molecule has 0 saturated heterocycles. The average Bonchev–Trinajstić information content (AvgIpc) is 2.29. The van der Waals surface area contributed by atoms with E-state index in [0.717, 1.165) is 0 Å². The molecular weight excluding hydrogens is 251 g/mol. The summed E-state index contributed by atoms with van der Waals surface area (Å²) < 4.78 is 4.60. The first-order chi connectivity index (χ1) is 7.63. The predicted octanol–water partition coefficient (Wildman–Crippen LogP) is 2.72. The molecule has 4 nitrogen and oxygen atoms in total. The van der Waals surface area contributed by atoms with Crippen LogP contribution in [0.4, 0.5) is 0 Å². The number of halogens is 2. The third kappa shape index (κ3) is 1.81.